The molecule has 2 atom stereocenters. The molecule has 2 aliphatic heterocycles. The van der Waals surface area contributed by atoms with Crippen molar-refractivity contribution in [3.63, 3.8) is 0 Å². The summed E-state index contributed by atoms with van der Waals surface area (Å²) in [6.07, 6.45) is 1.41. The topological polar surface area (TPSA) is 75.9 Å². The number of carbonyl (C=O) groups is 2. The molecule has 1 amide bonds. The van der Waals surface area contributed by atoms with E-state index in [1.54, 1.807) is 11.0 Å². The van der Waals surface area contributed by atoms with E-state index in [1.165, 1.54) is 16.7 Å². The normalized spacial score (nSPS) is 23.4. The Morgan fingerprint density at radius 2 is 2.26 bits per heavy atom. The summed E-state index contributed by atoms with van der Waals surface area (Å²) in [7, 11) is 0. The minimum atomic E-state index is -0.631. The van der Waals surface area contributed by atoms with Crippen molar-refractivity contribution >= 4 is 45.8 Å². The number of ether oxygens (including phenoxy) is 1. The molecular weight excluding hydrogens is 373 g/mol. The van der Waals surface area contributed by atoms with Gasteiger partial charge in [-0.3, -0.25) is 14.5 Å². The molecule has 7 nitrogen and oxygen atoms in total. The van der Waals surface area contributed by atoms with Gasteiger partial charge in [-0.1, -0.05) is 23.8 Å². The molecule has 2 aromatic rings. The Balaban J connectivity index is 1.80. The summed E-state index contributed by atoms with van der Waals surface area (Å²) in [5, 5.41) is 4.31. The molecule has 2 saturated heterocycles. The highest BCUT2D eigenvalue weighted by atomic mass is 32.2. The molecule has 4 rings (SSSR count). The first kappa shape index (κ1) is 18.2. The zero-order valence-corrected chi connectivity index (χ0v) is 15.9. The Hall–Kier alpha value is -2.13. The van der Waals surface area contributed by atoms with Gasteiger partial charge in [0.05, 0.1) is 23.8 Å². The highest BCUT2D eigenvalue weighted by molar-refractivity contribution is 8.14. The maximum Gasteiger partial charge on any atom is 0.287 e. The molecular formula is C18H20FN3O4S. The van der Waals surface area contributed by atoms with Crippen LogP contribution in [0.5, 0.6) is 0 Å². The molecule has 0 N–H and O–H groups in total. The van der Waals surface area contributed by atoms with Crippen LogP contribution in [0.3, 0.4) is 0 Å². The first-order chi connectivity index (χ1) is 13.0. The van der Waals surface area contributed by atoms with Crippen molar-refractivity contribution in [1.82, 2.24) is 5.16 Å². The summed E-state index contributed by atoms with van der Waals surface area (Å²) in [6, 6.07) is 1.56. The van der Waals surface area contributed by atoms with Crippen LogP contribution in [0, 0.1) is 5.82 Å². The van der Waals surface area contributed by atoms with Gasteiger partial charge in [0.2, 0.25) is 5.58 Å². The predicted molar refractivity (Wildman–Crippen MR) is 101 cm³/mol. The molecule has 0 bridgehead atoms. The minimum absolute atomic E-state index is 0.0394. The number of fused-ring (bicyclic) bond motifs is 1. The Morgan fingerprint density at radius 1 is 1.44 bits per heavy atom. The number of anilines is 2. The van der Waals surface area contributed by atoms with E-state index in [1.807, 2.05) is 13.8 Å². The SMILES string of the molecule is CCC1CN(c2noc3c(F)c(N4CCOC(C)C4)c(C=O)cc23)C(=O)S1. The zero-order valence-electron chi connectivity index (χ0n) is 15.1. The van der Waals surface area contributed by atoms with Gasteiger partial charge in [-0.05, 0) is 19.4 Å². The minimum Gasteiger partial charge on any atom is -0.375 e. The van der Waals surface area contributed by atoms with E-state index in [0.29, 0.717) is 37.9 Å². The van der Waals surface area contributed by atoms with E-state index < -0.39 is 5.82 Å². The van der Waals surface area contributed by atoms with E-state index in [4.69, 9.17) is 9.26 Å². The molecule has 1 aromatic carbocycles. The van der Waals surface area contributed by atoms with Crippen molar-refractivity contribution in [1.29, 1.82) is 0 Å². The first-order valence-electron chi connectivity index (χ1n) is 8.95. The number of aromatic nitrogens is 1. The summed E-state index contributed by atoms with van der Waals surface area (Å²) in [4.78, 5) is 27.3. The van der Waals surface area contributed by atoms with Gasteiger partial charge in [0, 0.05) is 30.4 Å². The predicted octanol–water partition coefficient (Wildman–Crippen LogP) is 3.46. The van der Waals surface area contributed by atoms with Gasteiger partial charge < -0.3 is 14.2 Å². The number of hydrogen-bond acceptors (Lipinski definition) is 7. The summed E-state index contributed by atoms with van der Waals surface area (Å²) in [6.45, 7) is 5.81. The van der Waals surface area contributed by atoms with Crippen molar-refractivity contribution in [3.8, 4) is 0 Å². The third-order valence-corrected chi connectivity index (χ3v) is 6.20. The summed E-state index contributed by atoms with van der Waals surface area (Å²) >= 11 is 1.24. The highest BCUT2D eigenvalue weighted by Gasteiger charge is 2.35. The van der Waals surface area contributed by atoms with Crippen molar-refractivity contribution in [2.45, 2.75) is 31.6 Å². The van der Waals surface area contributed by atoms with E-state index in [9.17, 15) is 9.59 Å². The van der Waals surface area contributed by atoms with Crippen LogP contribution in [0.2, 0.25) is 0 Å². The monoisotopic (exact) mass is 393 g/mol. The quantitative estimate of drug-likeness (QED) is 0.736. The fourth-order valence-electron chi connectivity index (χ4n) is 3.57. The van der Waals surface area contributed by atoms with Crippen molar-refractivity contribution in [2.24, 2.45) is 0 Å². The van der Waals surface area contributed by atoms with Crippen LogP contribution >= 0.6 is 11.8 Å². The lowest BCUT2D eigenvalue weighted by Crippen LogP contribution is -2.42. The van der Waals surface area contributed by atoms with Crippen LogP contribution < -0.4 is 9.80 Å². The lowest BCUT2D eigenvalue weighted by molar-refractivity contribution is 0.0529. The number of amides is 1. The van der Waals surface area contributed by atoms with Crippen LogP contribution in [-0.2, 0) is 4.74 Å². The Morgan fingerprint density at radius 3 is 2.93 bits per heavy atom. The third kappa shape index (κ3) is 3.08. The highest BCUT2D eigenvalue weighted by Crippen LogP contribution is 2.39. The second kappa shape index (κ2) is 7.12. The first-order valence-corrected chi connectivity index (χ1v) is 9.83. The van der Waals surface area contributed by atoms with Gasteiger partial charge in [-0.2, -0.15) is 0 Å². The Labute approximate surface area is 159 Å². The van der Waals surface area contributed by atoms with Crippen LogP contribution in [0.1, 0.15) is 30.6 Å². The molecule has 2 unspecified atom stereocenters. The summed E-state index contributed by atoms with van der Waals surface area (Å²) in [5.74, 6) is -0.365. The van der Waals surface area contributed by atoms with E-state index in [-0.39, 0.29) is 39.2 Å². The number of benzene rings is 1. The van der Waals surface area contributed by atoms with Crippen molar-refractivity contribution in [2.75, 3.05) is 36.0 Å². The van der Waals surface area contributed by atoms with Gasteiger partial charge in [0.25, 0.3) is 5.24 Å². The largest absolute Gasteiger partial charge is 0.375 e. The molecule has 0 radical (unpaired) electrons. The zero-order chi connectivity index (χ0) is 19.1. The number of halogens is 1. The Kier molecular flexibility index (Phi) is 4.81. The maximum atomic E-state index is 15.3. The van der Waals surface area contributed by atoms with Crippen LogP contribution in [0.25, 0.3) is 11.0 Å². The van der Waals surface area contributed by atoms with Crippen LogP contribution in [-0.4, -0.2) is 54.3 Å². The van der Waals surface area contributed by atoms with Crippen molar-refractivity contribution in [3.05, 3.63) is 17.4 Å². The van der Waals surface area contributed by atoms with Gasteiger partial charge in [-0.15, -0.1) is 0 Å². The van der Waals surface area contributed by atoms with Crippen molar-refractivity contribution < 1.29 is 23.2 Å². The maximum absolute atomic E-state index is 15.3. The number of carbonyl (C=O) groups excluding carboxylic acids is 2. The summed E-state index contributed by atoms with van der Waals surface area (Å²) in [5.41, 5.74) is 0.372. The summed E-state index contributed by atoms with van der Waals surface area (Å²) < 4.78 is 26.0. The molecule has 2 fully saturated rings. The average Bonchev–Trinajstić information content (AvgIpc) is 3.24. The molecule has 0 spiro atoms. The molecule has 2 aliphatic rings. The van der Waals surface area contributed by atoms with E-state index in [0.717, 1.165) is 6.42 Å². The number of thioether (sulfide) groups is 1. The lowest BCUT2D eigenvalue weighted by Gasteiger charge is -2.33. The van der Waals surface area contributed by atoms with E-state index in [2.05, 4.69) is 5.16 Å². The molecule has 9 heteroatoms. The van der Waals surface area contributed by atoms with Gasteiger partial charge >= 0.3 is 0 Å². The molecule has 1 aromatic heterocycles. The second-order valence-electron chi connectivity index (χ2n) is 6.78. The molecule has 144 valence electrons. The van der Waals surface area contributed by atoms with Crippen LogP contribution in [0.15, 0.2) is 10.6 Å². The van der Waals surface area contributed by atoms with Gasteiger partial charge in [0.1, 0.15) is 0 Å². The molecule has 0 saturated carbocycles. The lowest BCUT2D eigenvalue weighted by atomic mass is 10.1. The third-order valence-electron chi connectivity index (χ3n) is 4.96. The number of rotatable bonds is 4. The number of hydrogen-bond donors (Lipinski definition) is 0. The van der Waals surface area contributed by atoms with Gasteiger partial charge in [-0.25, -0.2) is 4.39 Å². The smallest absolute Gasteiger partial charge is 0.287 e. The average molecular weight is 393 g/mol. The van der Waals surface area contributed by atoms with Crippen LogP contribution in [0.4, 0.5) is 20.7 Å². The number of aldehydes is 1. The Bertz CT molecular complexity index is 902. The second-order valence-corrected chi connectivity index (χ2v) is 8.03. The standard InChI is InChI=1S/C18H20FN3O4S/c1-3-12-8-22(18(24)27-12)17-13-6-11(9-23)15(14(19)16(13)26-20-17)21-4-5-25-10(2)7-21/h6,9-10,12H,3-5,7-8H2,1-2H3. The fourth-order valence-corrected chi connectivity index (χ4v) is 4.53. The molecule has 3 heterocycles. The molecule has 0 aliphatic carbocycles. The number of nitrogens with zero attached hydrogens (tertiary/aromatic N) is 3. The molecule has 27 heavy (non-hydrogen) atoms. The van der Waals surface area contributed by atoms with Gasteiger partial charge in [0.15, 0.2) is 17.9 Å². The van der Waals surface area contributed by atoms with E-state index >= 15 is 4.39 Å². The fraction of sp³-hybridized carbons (Fsp3) is 0.500. The number of morpholine rings is 1.